The molecule has 0 aromatic heterocycles. The molecule has 0 radical (unpaired) electrons. The van der Waals surface area contributed by atoms with Crippen molar-refractivity contribution < 1.29 is 14.3 Å². The van der Waals surface area contributed by atoms with Gasteiger partial charge in [-0.15, -0.1) is 0 Å². The topological polar surface area (TPSA) is 55.8 Å². The van der Waals surface area contributed by atoms with Crippen LogP contribution in [0.1, 0.15) is 26.2 Å². The minimum Gasteiger partial charge on any atom is -0.393 e. The number of benzene rings is 1. The van der Waals surface area contributed by atoms with Crippen LogP contribution in [0.25, 0.3) is 0 Å². The summed E-state index contributed by atoms with van der Waals surface area (Å²) in [6.07, 6.45) is 2.23. The van der Waals surface area contributed by atoms with Gasteiger partial charge in [0.1, 0.15) is 5.82 Å². The minimum atomic E-state index is -0.451. The molecule has 122 valence electrons. The highest BCUT2D eigenvalue weighted by molar-refractivity contribution is 5.89. The number of aliphatic hydroxyl groups is 1. The molecule has 0 bridgehead atoms. The van der Waals surface area contributed by atoms with E-state index in [0.29, 0.717) is 24.3 Å². The second-order valence-electron chi connectivity index (χ2n) is 5.85. The first-order valence-electron chi connectivity index (χ1n) is 7.72. The van der Waals surface area contributed by atoms with Crippen molar-refractivity contribution in [1.29, 1.82) is 0 Å². The number of nitrogens with zero attached hydrogens (tertiary/aromatic N) is 2. The SMILES string of the molecule is CC(O)CCN(C)C(=O)Nc1ccc(N2CCCC2)c(F)c1. The molecule has 2 rings (SSSR count). The zero-order chi connectivity index (χ0) is 16.1. The predicted molar refractivity (Wildman–Crippen MR) is 85.8 cm³/mol. The molecule has 0 spiro atoms. The van der Waals surface area contributed by atoms with Gasteiger partial charge in [-0.05, 0) is 44.4 Å². The number of aliphatic hydroxyl groups excluding tert-OH is 1. The third kappa shape index (κ3) is 4.34. The molecule has 0 aliphatic carbocycles. The van der Waals surface area contributed by atoms with Crippen molar-refractivity contribution in [2.75, 3.05) is 36.9 Å². The Bertz CT molecular complexity index is 516. The molecule has 2 N–H and O–H groups in total. The monoisotopic (exact) mass is 309 g/mol. The summed E-state index contributed by atoms with van der Waals surface area (Å²) in [6, 6.07) is 4.48. The highest BCUT2D eigenvalue weighted by Crippen LogP contribution is 2.26. The van der Waals surface area contributed by atoms with Crippen LogP contribution in [-0.2, 0) is 0 Å². The van der Waals surface area contributed by atoms with Gasteiger partial charge in [0, 0.05) is 32.4 Å². The van der Waals surface area contributed by atoms with Gasteiger partial charge >= 0.3 is 6.03 Å². The molecule has 1 aromatic carbocycles. The first-order valence-corrected chi connectivity index (χ1v) is 7.72. The van der Waals surface area contributed by atoms with E-state index < -0.39 is 6.10 Å². The fraction of sp³-hybridized carbons (Fsp3) is 0.562. The molecule has 1 fully saturated rings. The van der Waals surface area contributed by atoms with E-state index in [1.54, 1.807) is 26.1 Å². The number of nitrogens with one attached hydrogen (secondary N) is 1. The van der Waals surface area contributed by atoms with Gasteiger partial charge < -0.3 is 20.2 Å². The van der Waals surface area contributed by atoms with E-state index in [1.807, 2.05) is 4.90 Å². The summed E-state index contributed by atoms with van der Waals surface area (Å²) in [5.74, 6) is -0.314. The first-order chi connectivity index (χ1) is 10.5. The Morgan fingerprint density at radius 3 is 2.73 bits per heavy atom. The maximum absolute atomic E-state index is 14.2. The van der Waals surface area contributed by atoms with Gasteiger partial charge in [0.15, 0.2) is 0 Å². The summed E-state index contributed by atoms with van der Waals surface area (Å²) < 4.78 is 14.2. The summed E-state index contributed by atoms with van der Waals surface area (Å²) in [4.78, 5) is 15.5. The fourth-order valence-corrected chi connectivity index (χ4v) is 2.50. The lowest BCUT2D eigenvalue weighted by Gasteiger charge is -2.21. The molecule has 1 saturated heterocycles. The number of carbonyl (C=O) groups is 1. The summed E-state index contributed by atoms with van der Waals surface area (Å²) in [5.41, 5.74) is 1.03. The van der Waals surface area contributed by atoms with Gasteiger partial charge in [-0.2, -0.15) is 0 Å². The molecule has 1 heterocycles. The van der Waals surface area contributed by atoms with Crippen LogP contribution in [0.5, 0.6) is 0 Å². The fourth-order valence-electron chi connectivity index (χ4n) is 2.50. The van der Waals surface area contributed by atoms with E-state index in [-0.39, 0.29) is 11.8 Å². The van der Waals surface area contributed by atoms with Crippen LogP contribution in [0.2, 0.25) is 0 Å². The molecule has 1 aliphatic rings. The minimum absolute atomic E-state index is 0.311. The highest BCUT2D eigenvalue weighted by atomic mass is 19.1. The van der Waals surface area contributed by atoms with Crippen molar-refractivity contribution in [3.05, 3.63) is 24.0 Å². The quantitative estimate of drug-likeness (QED) is 0.879. The second-order valence-corrected chi connectivity index (χ2v) is 5.85. The Balaban J connectivity index is 1.95. The lowest BCUT2D eigenvalue weighted by molar-refractivity contribution is 0.167. The molecule has 0 saturated carbocycles. The molecule has 1 aliphatic heterocycles. The number of hydrogen-bond donors (Lipinski definition) is 2. The Hall–Kier alpha value is -1.82. The van der Waals surface area contributed by atoms with Crippen LogP contribution in [0.4, 0.5) is 20.6 Å². The Morgan fingerprint density at radius 1 is 1.45 bits per heavy atom. The lowest BCUT2D eigenvalue weighted by atomic mass is 10.2. The molecule has 6 heteroatoms. The van der Waals surface area contributed by atoms with E-state index >= 15 is 0 Å². The van der Waals surface area contributed by atoms with Crippen molar-refractivity contribution in [3.8, 4) is 0 Å². The zero-order valence-electron chi connectivity index (χ0n) is 13.2. The average Bonchev–Trinajstić information content (AvgIpc) is 2.98. The van der Waals surface area contributed by atoms with E-state index in [4.69, 9.17) is 0 Å². The third-order valence-electron chi connectivity index (χ3n) is 3.87. The van der Waals surface area contributed by atoms with Gasteiger partial charge in [0.2, 0.25) is 0 Å². The van der Waals surface area contributed by atoms with Crippen molar-refractivity contribution in [1.82, 2.24) is 4.90 Å². The maximum Gasteiger partial charge on any atom is 0.321 e. The van der Waals surface area contributed by atoms with Gasteiger partial charge in [0.25, 0.3) is 0 Å². The zero-order valence-corrected chi connectivity index (χ0v) is 13.2. The average molecular weight is 309 g/mol. The third-order valence-corrected chi connectivity index (χ3v) is 3.87. The van der Waals surface area contributed by atoms with Crippen LogP contribution in [0.3, 0.4) is 0 Å². The number of amides is 2. The summed E-state index contributed by atoms with van der Waals surface area (Å²) >= 11 is 0. The molecule has 22 heavy (non-hydrogen) atoms. The summed E-state index contributed by atoms with van der Waals surface area (Å²) in [5, 5.41) is 11.9. The number of rotatable bonds is 5. The van der Waals surface area contributed by atoms with Crippen molar-refractivity contribution >= 4 is 17.4 Å². The Morgan fingerprint density at radius 2 is 2.14 bits per heavy atom. The van der Waals surface area contributed by atoms with Gasteiger partial charge in [-0.1, -0.05) is 0 Å². The van der Waals surface area contributed by atoms with E-state index in [1.165, 1.54) is 11.0 Å². The van der Waals surface area contributed by atoms with Crippen LogP contribution < -0.4 is 10.2 Å². The normalized spacial score (nSPS) is 15.7. The van der Waals surface area contributed by atoms with Gasteiger partial charge in [-0.25, -0.2) is 9.18 Å². The number of carbonyl (C=O) groups excluding carboxylic acids is 1. The molecule has 1 unspecified atom stereocenters. The van der Waals surface area contributed by atoms with E-state index in [0.717, 1.165) is 25.9 Å². The lowest BCUT2D eigenvalue weighted by Crippen LogP contribution is -2.33. The number of urea groups is 1. The van der Waals surface area contributed by atoms with E-state index in [2.05, 4.69) is 5.32 Å². The van der Waals surface area contributed by atoms with Crippen molar-refractivity contribution in [3.63, 3.8) is 0 Å². The molecular formula is C16H24FN3O2. The molecule has 1 atom stereocenters. The number of anilines is 2. The Kier molecular flexibility index (Phi) is 5.60. The summed E-state index contributed by atoms with van der Waals surface area (Å²) in [7, 11) is 1.65. The summed E-state index contributed by atoms with van der Waals surface area (Å²) in [6.45, 7) is 3.88. The van der Waals surface area contributed by atoms with Crippen molar-refractivity contribution in [2.45, 2.75) is 32.3 Å². The van der Waals surface area contributed by atoms with Crippen LogP contribution >= 0.6 is 0 Å². The number of hydrogen-bond acceptors (Lipinski definition) is 3. The maximum atomic E-state index is 14.2. The standard InChI is InChI=1S/C16H24FN3O2/c1-12(21)7-10-19(2)16(22)18-13-5-6-15(14(17)11-13)20-8-3-4-9-20/h5-6,11-12,21H,3-4,7-10H2,1-2H3,(H,18,22). The largest absolute Gasteiger partial charge is 0.393 e. The molecule has 5 nitrogen and oxygen atoms in total. The predicted octanol–water partition coefficient (Wildman–Crippen LogP) is 2.66. The smallest absolute Gasteiger partial charge is 0.321 e. The van der Waals surface area contributed by atoms with Crippen LogP contribution in [0, 0.1) is 5.82 Å². The molecule has 1 aromatic rings. The van der Waals surface area contributed by atoms with Crippen LogP contribution in [-0.4, -0.2) is 48.8 Å². The Labute approximate surface area is 130 Å². The van der Waals surface area contributed by atoms with Gasteiger partial charge in [-0.3, -0.25) is 0 Å². The van der Waals surface area contributed by atoms with E-state index in [9.17, 15) is 14.3 Å². The van der Waals surface area contributed by atoms with Crippen LogP contribution in [0.15, 0.2) is 18.2 Å². The van der Waals surface area contributed by atoms with Gasteiger partial charge in [0.05, 0.1) is 11.8 Å². The highest BCUT2D eigenvalue weighted by Gasteiger charge is 2.17. The first kappa shape index (κ1) is 16.5. The number of halogens is 1. The molecule has 2 amide bonds. The molecular weight excluding hydrogens is 285 g/mol. The second kappa shape index (κ2) is 7.45. The van der Waals surface area contributed by atoms with Crippen molar-refractivity contribution in [2.24, 2.45) is 0 Å².